The van der Waals surface area contributed by atoms with Crippen LogP contribution in [0.5, 0.6) is 0 Å². The largest absolute Gasteiger partial charge is 0.271 e. The number of hydrogen-bond donors (Lipinski definition) is 1. The lowest BCUT2D eigenvalue weighted by molar-refractivity contribution is 0.0954. The minimum atomic E-state index is -0.148. The molecule has 116 valence electrons. The predicted molar refractivity (Wildman–Crippen MR) is 89.9 cm³/mol. The average Bonchev–Trinajstić information content (AvgIpc) is 2.44. The van der Waals surface area contributed by atoms with E-state index in [-0.39, 0.29) is 11.3 Å². The first-order valence-corrected chi connectivity index (χ1v) is 7.78. The molecule has 1 N–H and O–H groups in total. The molecule has 0 bridgehead atoms. The van der Waals surface area contributed by atoms with Crippen LogP contribution in [0.3, 0.4) is 0 Å². The van der Waals surface area contributed by atoms with Crippen LogP contribution in [0, 0.1) is 0 Å². The maximum Gasteiger partial charge on any atom is 0.271 e. The Hall–Kier alpha value is -1.64. The molecule has 21 heavy (non-hydrogen) atoms. The molecule has 0 saturated carbocycles. The maximum absolute atomic E-state index is 12.0. The number of amides is 1. The van der Waals surface area contributed by atoms with Crippen LogP contribution in [0.15, 0.2) is 29.4 Å². The van der Waals surface area contributed by atoms with Crippen molar-refractivity contribution in [2.75, 3.05) is 0 Å². The van der Waals surface area contributed by atoms with E-state index in [4.69, 9.17) is 0 Å². The minimum Gasteiger partial charge on any atom is -0.267 e. The molecule has 0 spiro atoms. The third kappa shape index (κ3) is 6.11. The van der Waals surface area contributed by atoms with Gasteiger partial charge < -0.3 is 0 Å². The molecule has 3 heteroatoms. The Morgan fingerprint density at radius 2 is 1.76 bits per heavy atom. The summed E-state index contributed by atoms with van der Waals surface area (Å²) in [5.41, 5.74) is 5.58. The van der Waals surface area contributed by atoms with Gasteiger partial charge in [-0.1, -0.05) is 52.7 Å². The minimum absolute atomic E-state index is 0.100. The summed E-state index contributed by atoms with van der Waals surface area (Å²) in [6, 6.07) is 7.73. The number of unbranched alkanes of at least 4 members (excludes halogenated alkanes) is 2. The molecule has 3 nitrogen and oxygen atoms in total. The molecule has 0 aliphatic rings. The first-order valence-electron chi connectivity index (χ1n) is 7.78. The lowest BCUT2D eigenvalue weighted by Crippen LogP contribution is -2.19. The molecule has 0 fully saturated rings. The van der Waals surface area contributed by atoms with Crippen molar-refractivity contribution >= 4 is 11.6 Å². The Bertz CT molecular complexity index is 481. The Morgan fingerprint density at radius 1 is 1.14 bits per heavy atom. The third-order valence-electron chi connectivity index (χ3n) is 3.50. The Labute approximate surface area is 128 Å². The Balaban J connectivity index is 2.58. The highest BCUT2D eigenvalue weighted by molar-refractivity contribution is 5.95. The van der Waals surface area contributed by atoms with Gasteiger partial charge >= 0.3 is 0 Å². The molecule has 0 aliphatic heterocycles. The van der Waals surface area contributed by atoms with Crippen LogP contribution in [0.4, 0.5) is 0 Å². The zero-order valence-electron chi connectivity index (χ0n) is 14.0. The molecule has 0 atom stereocenters. The second kappa shape index (κ2) is 7.96. The van der Waals surface area contributed by atoms with Gasteiger partial charge in [-0.2, -0.15) is 5.10 Å². The molecule has 1 aromatic carbocycles. The zero-order valence-corrected chi connectivity index (χ0v) is 14.0. The van der Waals surface area contributed by atoms with Crippen molar-refractivity contribution in [1.29, 1.82) is 0 Å². The van der Waals surface area contributed by atoms with E-state index in [1.807, 2.05) is 31.2 Å². The maximum atomic E-state index is 12.0. The van der Waals surface area contributed by atoms with Gasteiger partial charge in [0, 0.05) is 11.3 Å². The standard InChI is InChI=1S/C18H28N2O/c1-6-7-8-9-14(2)19-20-17(21)15-10-12-16(13-11-15)18(3,4)5/h10-13H,6-9H2,1-5H3,(H,20,21)/b19-14+. The van der Waals surface area contributed by atoms with E-state index in [2.05, 4.69) is 38.2 Å². The van der Waals surface area contributed by atoms with Crippen molar-refractivity contribution in [2.45, 2.75) is 65.7 Å². The number of nitrogens with zero attached hydrogens (tertiary/aromatic N) is 1. The fourth-order valence-electron chi connectivity index (χ4n) is 2.02. The second-order valence-electron chi connectivity index (χ2n) is 6.57. The summed E-state index contributed by atoms with van der Waals surface area (Å²) < 4.78 is 0. The van der Waals surface area contributed by atoms with Crippen LogP contribution in [0.2, 0.25) is 0 Å². The molecular weight excluding hydrogens is 260 g/mol. The number of benzene rings is 1. The van der Waals surface area contributed by atoms with E-state index in [9.17, 15) is 4.79 Å². The van der Waals surface area contributed by atoms with E-state index >= 15 is 0 Å². The molecule has 0 radical (unpaired) electrons. The summed E-state index contributed by atoms with van der Waals surface area (Å²) in [7, 11) is 0. The quantitative estimate of drug-likeness (QED) is 0.461. The number of rotatable bonds is 6. The summed E-state index contributed by atoms with van der Waals surface area (Å²) >= 11 is 0. The molecule has 0 heterocycles. The van der Waals surface area contributed by atoms with Gasteiger partial charge in [-0.3, -0.25) is 4.79 Å². The Kier molecular flexibility index (Phi) is 6.60. The van der Waals surface area contributed by atoms with Crippen molar-refractivity contribution in [3.05, 3.63) is 35.4 Å². The monoisotopic (exact) mass is 288 g/mol. The van der Waals surface area contributed by atoms with Gasteiger partial charge in [0.05, 0.1) is 0 Å². The molecule has 0 unspecified atom stereocenters. The van der Waals surface area contributed by atoms with Gasteiger partial charge in [0.15, 0.2) is 0 Å². The third-order valence-corrected chi connectivity index (χ3v) is 3.50. The summed E-state index contributed by atoms with van der Waals surface area (Å²) in [6.07, 6.45) is 4.47. The van der Waals surface area contributed by atoms with Crippen molar-refractivity contribution in [3.63, 3.8) is 0 Å². The van der Waals surface area contributed by atoms with Crippen molar-refractivity contribution < 1.29 is 4.79 Å². The fourth-order valence-corrected chi connectivity index (χ4v) is 2.02. The van der Waals surface area contributed by atoms with Crippen molar-refractivity contribution in [3.8, 4) is 0 Å². The van der Waals surface area contributed by atoms with Gasteiger partial charge in [-0.05, 0) is 42.9 Å². The smallest absolute Gasteiger partial charge is 0.267 e. The van der Waals surface area contributed by atoms with E-state index in [0.29, 0.717) is 5.56 Å². The summed E-state index contributed by atoms with van der Waals surface area (Å²) in [5.74, 6) is -0.148. The molecule has 1 rings (SSSR count). The molecule has 0 aromatic heterocycles. The Morgan fingerprint density at radius 3 is 2.29 bits per heavy atom. The number of nitrogens with one attached hydrogen (secondary N) is 1. The van der Waals surface area contributed by atoms with Crippen molar-refractivity contribution in [2.24, 2.45) is 5.10 Å². The number of hydrogen-bond acceptors (Lipinski definition) is 2. The molecule has 0 aliphatic carbocycles. The van der Waals surface area contributed by atoms with E-state index < -0.39 is 0 Å². The van der Waals surface area contributed by atoms with Crippen LogP contribution < -0.4 is 5.43 Å². The molecule has 1 amide bonds. The predicted octanol–water partition coefficient (Wildman–Crippen LogP) is 4.67. The number of hydrazone groups is 1. The van der Waals surface area contributed by atoms with Crippen LogP contribution in [0.25, 0.3) is 0 Å². The van der Waals surface area contributed by atoms with Gasteiger partial charge in [0.25, 0.3) is 5.91 Å². The number of carbonyl (C=O) groups is 1. The average molecular weight is 288 g/mol. The highest BCUT2D eigenvalue weighted by atomic mass is 16.2. The highest BCUT2D eigenvalue weighted by Crippen LogP contribution is 2.22. The molecule has 1 aromatic rings. The van der Waals surface area contributed by atoms with Crippen LogP contribution in [-0.4, -0.2) is 11.6 Å². The zero-order chi connectivity index (χ0) is 15.9. The van der Waals surface area contributed by atoms with Gasteiger partial charge in [0.2, 0.25) is 0 Å². The van der Waals surface area contributed by atoms with Crippen LogP contribution in [0.1, 0.15) is 76.2 Å². The molecular formula is C18H28N2O. The topological polar surface area (TPSA) is 41.5 Å². The van der Waals surface area contributed by atoms with Gasteiger partial charge in [-0.25, -0.2) is 5.43 Å². The van der Waals surface area contributed by atoms with E-state index in [0.717, 1.165) is 18.6 Å². The summed E-state index contributed by atoms with van der Waals surface area (Å²) in [4.78, 5) is 12.0. The van der Waals surface area contributed by atoms with Crippen LogP contribution >= 0.6 is 0 Å². The fraction of sp³-hybridized carbons (Fsp3) is 0.556. The van der Waals surface area contributed by atoms with Crippen molar-refractivity contribution in [1.82, 2.24) is 5.43 Å². The van der Waals surface area contributed by atoms with Gasteiger partial charge in [-0.15, -0.1) is 0 Å². The van der Waals surface area contributed by atoms with E-state index in [1.165, 1.54) is 18.4 Å². The lowest BCUT2D eigenvalue weighted by atomic mass is 9.87. The summed E-state index contributed by atoms with van der Waals surface area (Å²) in [5, 5.41) is 4.16. The SMILES string of the molecule is CCCCC/C(C)=N/NC(=O)c1ccc(C(C)(C)C)cc1. The first kappa shape index (κ1) is 17.4. The second-order valence-corrected chi connectivity index (χ2v) is 6.57. The lowest BCUT2D eigenvalue weighted by Gasteiger charge is -2.18. The first-order chi connectivity index (χ1) is 9.84. The van der Waals surface area contributed by atoms with Crippen LogP contribution in [-0.2, 0) is 5.41 Å². The highest BCUT2D eigenvalue weighted by Gasteiger charge is 2.14. The van der Waals surface area contributed by atoms with Gasteiger partial charge in [0.1, 0.15) is 0 Å². The molecule has 0 saturated heterocycles. The number of carbonyl (C=O) groups excluding carboxylic acids is 1. The normalized spacial score (nSPS) is 12.3. The summed E-state index contributed by atoms with van der Waals surface area (Å²) in [6.45, 7) is 10.6. The van der Waals surface area contributed by atoms with E-state index in [1.54, 1.807) is 0 Å².